The Morgan fingerprint density at radius 3 is 2.92 bits per heavy atom. The molecule has 1 atom stereocenters. The highest BCUT2D eigenvalue weighted by Gasteiger charge is 2.22. The number of allylic oxidation sites excluding steroid dienone is 1. The quantitative estimate of drug-likeness (QED) is 0.605. The van der Waals surface area contributed by atoms with Crippen LogP contribution >= 0.6 is 0 Å². The molecule has 0 aromatic rings. The minimum absolute atomic E-state index is 0.134. The molecule has 1 amide bonds. The van der Waals surface area contributed by atoms with Crippen molar-refractivity contribution in [1.29, 1.82) is 0 Å². The maximum Gasteiger partial charge on any atom is 0.246 e. The zero-order chi connectivity index (χ0) is 8.97. The number of carbonyl (C=O) groups is 1. The Labute approximate surface area is 73.4 Å². The molecule has 0 aliphatic carbocycles. The summed E-state index contributed by atoms with van der Waals surface area (Å²) in [5.74, 6) is 0.134. The first-order valence-corrected chi connectivity index (χ1v) is 4.36. The van der Waals surface area contributed by atoms with E-state index in [0.29, 0.717) is 6.04 Å². The van der Waals surface area contributed by atoms with Gasteiger partial charge in [0.2, 0.25) is 5.91 Å². The molecule has 0 radical (unpaired) electrons. The normalized spacial score (nSPS) is 23.8. The van der Waals surface area contributed by atoms with Crippen molar-refractivity contribution in [2.24, 2.45) is 0 Å². The summed E-state index contributed by atoms with van der Waals surface area (Å²) in [4.78, 5) is 13.2. The van der Waals surface area contributed by atoms with Crippen LogP contribution in [0, 0.1) is 0 Å². The van der Waals surface area contributed by atoms with E-state index in [4.69, 9.17) is 0 Å². The van der Waals surface area contributed by atoms with Crippen molar-refractivity contribution in [3.05, 3.63) is 12.2 Å². The summed E-state index contributed by atoms with van der Waals surface area (Å²) in [7, 11) is 1.94. The van der Waals surface area contributed by atoms with Gasteiger partial charge in [0, 0.05) is 19.1 Å². The number of amides is 1. The fourth-order valence-electron chi connectivity index (χ4n) is 1.44. The van der Waals surface area contributed by atoms with E-state index in [1.807, 2.05) is 18.9 Å². The highest BCUT2D eigenvalue weighted by molar-refractivity contribution is 5.87. The van der Waals surface area contributed by atoms with Crippen LogP contribution in [0.5, 0.6) is 0 Å². The molecule has 1 fully saturated rings. The molecule has 0 aromatic carbocycles. The maximum atomic E-state index is 11.3. The van der Waals surface area contributed by atoms with Crippen LogP contribution in [0.4, 0.5) is 0 Å². The van der Waals surface area contributed by atoms with Crippen molar-refractivity contribution in [3.63, 3.8) is 0 Å². The molecule has 3 nitrogen and oxygen atoms in total. The first-order valence-electron chi connectivity index (χ1n) is 4.36. The van der Waals surface area contributed by atoms with E-state index >= 15 is 0 Å². The van der Waals surface area contributed by atoms with Gasteiger partial charge >= 0.3 is 0 Å². The molecule has 1 aliphatic heterocycles. The van der Waals surface area contributed by atoms with Gasteiger partial charge in [0.15, 0.2) is 0 Å². The summed E-state index contributed by atoms with van der Waals surface area (Å²) in [6, 6.07) is 0.485. The van der Waals surface area contributed by atoms with E-state index in [2.05, 4.69) is 5.32 Å². The van der Waals surface area contributed by atoms with Crippen molar-refractivity contribution in [1.82, 2.24) is 10.2 Å². The number of carbonyl (C=O) groups excluding carboxylic acids is 1. The van der Waals surface area contributed by atoms with Gasteiger partial charge in [-0.2, -0.15) is 0 Å². The number of hydrogen-bond acceptors (Lipinski definition) is 2. The van der Waals surface area contributed by atoms with Gasteiger partial charge in [-0.25, -0.2) is 0 Å². The second kappa shape index (κ2) is 4.26. The summed E-state index contributed by atoms with van der Waals surface area (Å²) in [5, 5.41) is 3.17. The van der Waals surface area contributed by atoms with Crippen molar-refractivity contribution < 1.29 is 4.79 Å². The Morgan fingerprint density at radius 2 is 2.42 bits per heavy atom. The zero-order valence-electron chi connectivity index (χ0n) is 7.71. The number of likely N-dealkylation sites (tertiary alicyclic amines) is 1. The van der Waals surface area contributed by atoms with Gasteiger partial charge in [-0.1, -0.05) is 6.08 Å². The smallest absolute Gasteiger partial charge is 0.246 e. The van der Waals surface area contributed by atoms with Crippen molar-refractivity contribution in [2.45, 2.75) is 19.4 Å². The average Bonchev–Trinajstić information content (AvgIpc) is 2.52. The Balaban J connectivity index is 2.41. The fourth-order valence-corrected chi connectivity index (χ4v) is 1.44. The molecule has 1 rings (SSSR count). The maximum absolute atomic E-state index is 11.3. The summed E-state index contributed by atoms with van der Waals surface area (Å²) >= 11 is 0. The molecule has 0 saturated carbocycles. The number of likely N-dealkylation sites (N-methyl/N-ethyl adjacent to an activating group) is 1. The second-order valence-electron chi connectivity index (χ2n) is 3.06. The predicted octanol–water partition coefficient (Wildman–Crippen LogP) is 0.383. The largest absolute Gasteiger partial charge is 0.338 e. The average molecular weight is 168 g/mol. The van der Waals surface area contributed by atoms with E-state index in [1.54, 1.807) is 12.2 Å². The van der Waals surface area contributed by atoms with Crippen LogP contribution in [-0.2, 0) is 4.79 Å². The highest BCUT2D eigenvalue weighted by Crippen LogP contribution is 2.08. The lowest BCUT2D eigenvalue weighted by Crippen LogP contribution is -2.32. The summed E-state index contributed by atoms with van der Waals surface area (Å²) in [6.07, 6.45) is 4.48. The van der Waals surface area contributed by atoms with Gasteiger partial charge in [0.1, 0.15) is 0 Å². The lowest BCUT2D eigenvalue weighted by Gasteiger charge is -2.13. The lowest BCUT2D eigenvalue weighted by atomic mass is 10.3. The van der Waals surface area contributed by atoms with Crippen LogP contribution in [0.3, 0.4) is 0 Å². The molecule has 1 saturated heterocycles. The summed E-state index contributed by atoms with van der Waals surface area (Å²) < 4.78 is 0. The van der Waals surface area contributed by atoms with Crippen molar-refractivity contribution >= 4 is 5.91 Å². The Kier molecular flexibility index (Phi) is 3.29. The molecular formula is C9H16N2O. The molecular weight excluding hydrogens is 152 g/mol. The predicted molar refractivity (Wildman–Crippen MR) is 48.9 cm³/mol. The molecule has 0 spiro atoms. The van der Waals surface area contributed by atoms with Crippen molar-refractivity contribution in [3.8, 4) is 0 Å². The van der Waals surface area contributed by atoms with Crippen LogP contribution in [0.25, 0.3) is 0 Å². The monoisotopic (exact) mass is 168 g/mol. The van der Waals surface area contributed by atoms with Gasteiger partial charge in [0.25, 0.3) is 0 Å². The van der Waals surface area contributed by atoms with Crippen LogP contribution in [0.1, 0.15) is 13.3 Å². The molecule has 68 valence electrons. The third-order valence-electron chi connectivity index (χ3n) is 2.22. The molecule has 1 N–H and O–H groups in total. The minimum atomic E-state index is 0.134. The minimum Gasteiger partial charge on any atom is -0.338 e. The third-order valence-corrected chi connectivity index (χ3v) is 2.22. The van der Waals surface area contributed by atoms with Crippen molar-refractivity contribution in [2.75, 3.05) is 20.1 Å². The number of nitrogens with one attached hydrogen (secondary N) is 1. The Morgan fingerprint density at radius 1 is 1.67 bits per heavy atom. The Bertz CT molecular complexity index is 189. The molecule has 3 heteroatoms. The first kappa shape index (κ1) is 9.26. The van der Waals surface area contributed by atoms with Gasteiger partial charge in [-0.15, -0.1) is 0 Å². The SMILES string of the molecule is C/C=C/C(=O)N1CCC(NC)C1. The standard InChI is InChI=1S/C9H16N2O/c1-3-4-9(12)11-6-5-8(7-11)10-2/h3-4,8,10H,5-7H2,1-2H3/b4-3+. The fraction of sp³-hybridized carbons (Fsp3) is 0.667. The number of hydrogen-bond donors (Lipinski definition) is 1. The van der Waals surface area contributed by atoms with Gasteiger partial charge in [-0.3, -0.25) is 4.79 Å². The highest BCUT2D eigenvalue weighted by atomic mass is 16.2. The Hall–Kier alpha value is -0.830. The van der Waals surface area contributed by atoms with E-state index in [9.17, 15) is 4.79 Å². The van der Waals surface area contributed by atoms with E-state index in [1.165, 1.54) is 0 Å². The topological polar surface area (TPSA) is 32.3 Å². The number of rotatable bonds is 2. The van der Waals surface area contributed by atoms with Crippen LogP contribution < -0.4 is 5.32 Å². The molecule has 12 heavy (non-hydrogen) atoms. The van der Waals surface area contributed by atoms with Gasteiger partial charge in [-0.05, 0) is 26.5 Å². The van der Waals surface area contributed by atoms with Gasteiger partial charge < -0.3 is 10.2 Å². The van der Waals surface area contributed by atoms with Gasteiger partial charge in [0.05, 0.1) is 0 Å². The summed E-state index contributed by atoms with van der Waals surface area (Å²) in [5.41, 5.74) is 0. The molecule has 0 bridgehead atoms. The van der Waals surface area contributed by atoms with Crippen LogP contribution in [0.15, 0.2) is 12.2 Å². The molecule has 1 aliphatic rings. The lowest BCUT2D eigenvalue weighted by molar-refractivity contribution is -0.125. The van der Waals surface area contributed by atoms with E-state index in [0.717, 1.165) is 19.5 Å². The van der Waals surface area contributed by atoms with E-state index < -0.39 is 0 Å². The third kappa shape index (κ3) is 2.08. The van der Waals surface area contributed by atoms with Crippen LogP contribution in [0.2, 0.25) is 0 Å². The second-order valence-corrected chi connectivity index (χ2v) is 3.06. The summed E-state index contributed by atoms with van der Waals surface area (Å²) in [6.45, 7) is 3.60. The van der Waals surface area contributed by atoms with Crippen LogP contribution in [-0.4, -0.2) is 37.0 Å². The molecule has 0 aromatic heterocycles. The van der Waals surface area contributed by atoms with E-state index in [-0.39, 0.29) is 5.91 Å². The molecule has 1 heterocycles. The first-order chi connectivity index (χ1) is 5.77. The molecule has 1 unspecified atom stereocenters. The zero-order valence-corrected chi connectivity index (χ0v) is 7.71. The number of nitrogens with zero attached hydrogens (tertiary/aromatic N) is 1.